The number of aliphatic imine (C=N–C) groups is 1. The van der Waals surface area contributed by atoms with Crippen LogP contribution in [-0.4, -0.2) is 65.7 Å². The van der Waals surface area contributed by atoms with Crippen molar-refractivity contribution >= 4 is 29.0 Å². The van der Waals surface area contributed by atoms with E-state index in [2.05, 4.69) is 15.5 Å². The van der Waals surface area contributed by atoms with Crippen molar-refractivity contribution in [2.24, 2.45) is 10.9 Å². The summed E-state index contributed by atoms with van der Waals surface area (Å²) in [4.78, 5) is 19.5. The van der Waals surface area contributed by atoms with Crippen molar-refractivity contribution in [3.63, 3.8) is 0 Å². The van der Waals surface area contributed by atoms with Crippen LogP contribution in [0.1, 0.15) is 12.0 Å². The van der Waals surface area contributed by atoms with Crippen LogP contribution in [-0.2, 0) is 4.79 Å². The molecule has 2 aromatic carbocycles. The Labute approximate surface area is 198 Å². The molecule has 2 unspecified atom stereocenters. The number of aliphatic hydroxyl groups is 1. The van der Waals surface area contributed by atoms with E-state index in [1.807, 2.05) is 24.3 Å². The number of amides is 1. The molecule has 0 aromatic heterocycles. The third-order valence-electron chi connectivity index (χ3n) is 6.37. The molecule has 2 aromatic rings. The molecule has 5 rings (SSSR count). The number of ether oxygens (including phenoxy) is 1. The highest BCUT2D eigenvalue weighted by Gasteiger charge is 2.60. The molecule has 3 aliphatic rings. The normalized spacial score (nSPS) is 24.3. The Morgan fingerprint density at radius 3 is 2.91 bits per heavy atom. The van der Waals surface area contributed by atoms with Crippen LogP contribution in [0.25, 0.3) is 0 Å². The third-order valence-corrected chi connectivity index (χ3v) is 6.60. The molecule has 34 heavy (non-hydrogen) atoms. The second kappa shape index (κ2) is 8.44. The molecule has 1 aliphatic carbocycles. The van der Waals surface area contributed by atoms with Crippen molar-refractivity contribution in [3.8, 4) is 11.5 Å². The summed E-state index contributed by atoms with van der Waals surface area (Å²) in [6, 6.07) is 12.7. The summed E-state index contributed by atoms with van der Waals surface area (Å²) in [5, 5.41) is 15.3. The number of aliphatic hydroxyl groups excluding tert-OH is 1. The van der Waals surface area contributed by atoms with E-state index in [1.54, 1.807) is 18.2 Å². The molecule has 2 aliphatic heterocycles. The van der Waals surface area contributed by atoms with Crippen LogP contribution in [0, 0.1) is 5.92 Å². The van der Waals surface area contributed by atoms with Gasteiger partial charge in [0.1, 0.15) is 17.3 Å². The summed E-state index contributed by atoms with van der Waals surface area (Å²) in [5.74, 6) is 0.873. The van der Waals surface area contributed by atoms with Gasteiger partial charge in [0.2, 0.25) is 5.91 Å². The number of rotatable bonds is 3. The first-order valence-electron chi connectivity index (χ1n) is 10.8. The minimum absolute atomic E-state index is 0.440. The quantitative estimate of drug-likeness (QED) is 0.610. The standard InChI is InChI=1S/C23H22ClF3N4O3/c24-13-5-6-18-16(9-13)30-20(14-3-1-2-4-17(14)34-18)31-8-7-29-22(12-31)10-15(22)21(33)28-11-19(32)23(25,26)27/h1-6,9,15,19,29,32H,7-8,10-12H2,(H,28,33)/t15?,19?,22-/m1/s1. The van der Waals surface area contributed by atoms with Gasteiger partial charge in [-0.25, -0.2) is 4.99 Å². The van der Waals surface area contributed by atoms with Crippen LogP contribution in [0.2, 0.25) is 5.02 Å². The topological polar surface area (TPSA) is 86.2 Å². The van der Waals surface area contributed by atoms with Gasteiger partial charge in [-0.2, -0.15) is 13.2 Å². The molecule has 180 valence electrons. The smallest absolute Gasteiger partial charge is 0.416 e. The number of carbonyl (C=O) groups excluding carboxylic acids is 1. The zero-order chi connectivity index (χ0) is 24.1. The fourth-order valence-corrected chi connectivity index (χ4v) is 4.66. The average molecular weight is 495 g/mol. The predicted octanol–water partition coefficient (Wildman–Crippen LogP) is 3.23. The zero-order valence-corrected chi connectivity index (χ0v) is 18.7. The molecule has 0 bridgehead atoms. The Morgan fingerprint density at radius 2 is 2.12 bits per heavy atom. The average Bonchev–Trinajstić information content (AvgIpc) is 3.52. The number of para-hydroxylation sites is 1. The molecule has 2 fully saturated rings. The Bertz CT molecular complexity index is 1160. The molecule has 3 atom stereocenters. The molecular formula is C23H22ClF3N4O3. The van der Waals surface area contributed by atoms with Crippen LogP contribution < -0.4 is 15.4 Å². The van der Waals surface area contributed by atoms with Crippen LogP contribution in [0.4, 0.5) is 18.9 Å². The van der Waals surface area contributed by atoms with Gasteiger partial charge in [-0.3, -0.25) is 4.79 Å². The summed E-state index contributed by atoms with van der Waals surface area (Å²) in [5.41, 5.74) is 0.798. The Balaban J connectivity index is 1.37. The first-order valence-corrected chi connectivity index (χ1v) is 11.2. The second-order valence-corrected chi connectivity index (χ2v) is 9.15. The van der Waals surface area contributed by atoms with E-state index in [-0.39, 0.29) is 0 Å². The highest BCUT2D eigenvalue weighted by atomic mass is 35.5. The van der Waals surface area contributed by atoms with Crippen LogP contribution in [0.15, 0.2) is 47.5 Å². The maximum absolute atomic E-state index is 12.6. The number of nitrogens with zero attached hydrogens (tertiary/aromatic N) is 2. The van der Waals surface area contributed by atoms with Gasteiger partial charge in [-0.1, -0.05) is 23.7 Å². The van der Waals surface area contributed by atoms with Crippen molar-refractivity contribution in [3.05, 3.63) is 53.1 Å². The lowest BCUT2D eigenvalue weighted by Gasteiger charge is -2.37. The monoisotopic (exact) mass is 494 g/mol. The molecule has 3 N–H and O–H groups in total. The summed E-state index contributed by atoms with van der Waals surface area (Å²) in [6.45, 7) is 0.759. The number of fused-ring (bicyclic) bond motifs is 2. The highest BCUT2D eigenvalue weighted by molar-refractivity contribution is 6.31. The van der Waals surface area contributed by atoms with Gasteiger partial charge in [0.05, 0.1) is 18.0 Å². The number of alkyl halides is 3. The summed E-state index contributed by atoms with van der Waals surface area (Å²) < 4.78 is 43.8. The number of amidine groups is 1. The van der Waals surface area contributed by atoms with Crippen molar-refractivity contribution in [1.82, 2.24) is 15.5 Å². The maximum Gasteiger partial charge on any atom is 0.416 e. The summed E-state index contributed by atoms with van der Waals surface area (Å²) in [7, 11) is 0. The van der Waals surface area contributed by atoms with Gasteiger partial charge in [0.15, 0.2) is 11.9 Å². The number of hydrogen-bond acceptors (Lipinski definition) is 6. The van der Waals surface area contributed by atoms with E-state index in [0.717, 1.165) is 5.56 Å². The molecule has 0 radical (unpaired) electrons. The van der Waals surface area contributed by atoms with E-state index < -0.39 is 36.2 Å². The van der Waals surface area contributed by atoms with E-state index in [9.17, 15) is 18.0 Å². The van der Waals surface area contributed by atoms with Crippen molar-refractivity contribution < 1.29 is 27.8 Å². The summed E-state index contributed by atoms with van der Waals surface area (Å²) in [6.07, 6.45) is -6.89. The minimum atomic E-state index is -4.78. The molecule has 2 heterocycles. The Hall–Kier alpha value is -2.82. The third kappa shape index (κ3) is 4.33. The zero-order valence-electron chi connectivity index (χ0n) is 17.9. The lowest BCUT2D eigenvalue weighted by molar-refractivity contribution is -0.201. The lowest BCUT2D eigenvalue weighted by Crippen LogP contribution is -2.56. The molecule has 11 heteroatoms. The van der Waals surface area contributed by atoms with Crippen molar-refractivity contribution in [1.29, 1.82) is 0 Å². The second-order valence-electron chi connectivity index (χ2n) is 8.71. The first-order chi connectivity index (χ1) is 16.2. The maximum atomic E-state index is 12.6. The van der Waals surface area contributed by atoms with Gasteiger partial charge in [0, 0.05) is 30.2 Å². The highest BCUT2D eigenvalue weighted by Crippen LogP contribution is 2.46. The number of halogens is 4. The van der Waals surface area contributed by atoms with Crippen molar-refractivity contribution in [2.75, 3.05) is 26.2 Å². The largest absolute Gasteiger partial charge is 0.454 e. The molecule has 1 saturated heterocycles. The van der Waals surface area contributed by atoms with Gasteiger partial charge >= 0.3 is 6.18 Å². The number of piperazine rings is 1. The molecular weight excluding hydrogens is 473 g/mol. The molecule has 1 amide bonds. The van der Waals surface area contributed by atoms with Gasteiger partial charge < -0.3 is 25.4 Å². The van der Waals surface area contributed by atoms with E-state index in [0.29, 0.717) is 54.1 Å². The fraction of sp³-hybridized carbons (Fsp3) is 0.391. The molecule has 1 spiro atoms. The van der Waals surface area contributed by atoms with Gasteiger partial charge in [0.25, 0.3) is 0 Å². The van der Waals surface area contributed by atoms with E-state index >= 15 is 0 Å². The SMILES string of the molecule is O=C(NCC(O)C(F)(F)F)C1C[C@@]12CN(C1=Nc3cc(Cl)ccc3Oc3ccccc31)CCN2. The van der Waals surface area contributed by atoms with E-state index in [1.165, 1.54) is 0 Å². The summed E-state index contributed by atoms with van der Waals surface area (Å²) >= 11 is 6.18. The van der Waals surface area contributed by atoms with Gasteiger partial charge in [-0.05, 0) is 36.8 Å². The van der Waals surface area contributed by atoms with Crippen LogP contribution in [0.5, 0.6) is 11.5 Å². The minimum Gasteiger partial charge on any atom is -0.454 e. The number of hydrogen-bond donors (Lipinski definition) is 3. The van der Waals surface area contributed by atoms with Crippen LogP contribution in [0.3, 0.4) is 0 Å². The Morgan fingerprint density at radius 1 is 1.32 bits per heavy atom. The first kappa shape index (κ1) is 22.9. The van der Waals surface area contributed by atoms with Gasteiger partial charge in [-0.15, -0.1) is 0 Å². The fourth-order valence-electron chi connectivity index (χ4n) is 4.49. The van der Waals surface area contributed by atoms with Crippen molar-refractivity contribution in [2.45, 2.75) is 24.2 Å². The van der Waals surface area contributed by atoms with E-state index in [4.69, 9.17) is 26.4 Å². The molecule has 7 nitrogen and oxygen atoms in total. The predicted molar refractivity (Wildman–Crippen MR) is 120 cm³/mol. The molecule has 1 saturated carbocycles. The number of carbonyl (C=O) groups is 1. The van der Waals surface area contributed by atoms with Crippen LogP contribution >= 0.6 is 11.6 Å². The lowest BCUT2D eigenvalue weighted by atomic mass is 10.1. The number of nitrogens with one attached hydrogen (secondary N) is 2. The number of benzene rings is 2. The Kier molecular flexibility index (Phi) is 5.70.